The molecule has 1 N–H and O–H groups in total. The molecular weight excluding hydrogens is 752 g/mol. The summed E-state index contributed by atoms with van der Waals surface area (Å²) in [4.78, 5) is 77.0. The molecule has 2 aliphatic rings. The van der Waals surface area contributed by atoms with Crippen LogP contribution in [0.4, 0.5) is 0 Å². The first-order valence-electron chi connectivity index (χ1n) is 21.1. The smallest absolute Gasteiger partial charge is 0.333 e. The number of carbonyl (C=O) groups is 6. The van der Waals surface area contributed by atoms with Gasteiger partial charge in [0.25, 0.3) is 0 Å². The van der Waals surface area contributed by atoms with Crippen molar-refractivity contribution in [3.8, 4) is 0 Å². The number of esters is 5. The first kappa shape index (κ1) is 50.8. The molecule has 58 heavy (non-hydrogen) atoms. The van der Waals surface area contributed by atoms with E-state index in [0.29, 0.717) is 25.7 Å². The molecule has 0 aromatic heterocycles. The fourth-order valence-corrected chi connectivity index (χ4v) is 8.11. The number of methoxy groups -OCH3 is 1. The van der Waals surface area contributed by atoms with Gasteiger partial charge in [0.1, 0.15) is 30.5 Å². The number of aliphatic hydroxyl groups excluding tert-OH is 1. The summed E-state index contributed by atoms with van der Waals surface area (Å²) in [6.07, 6.45) is -2.91. The number of aliphatic hydroxyl groups is 1. The van der Waals surface area contributed by atoms with Gasteiger partial charge < -0.3 is 38.3 Å². The molecule has 0 amide bonds. The maximum atomic E-state index is 13.5. The highest BCUT2D eigenvalue weighted by Crippen LogP contribution is 2.46. The van der Waals surface area contributed by atoms with Crippen molar-refractivity contribution in [3.63, 3.8) is 0 Å². The minimum absolute atomic E-state index is 0.00378. The molecule has 2 rings (SSSR count). The van der Waals surface area contributed by atoms with Crippen LogP contribution in [0.1, 0.15) is 141 Å². The first-order chi connectivity index (χ1) is 27.0. The molecule has 1 spiro atoms. The molecule has 2 aliphatic heterocycles. The lowest BCUT2D eigenvalue weighted by atomic mass is 9.79. The summed E-state index contributed by atoms with van der Waals surface area (Å²) >= 11 is 0. The van der Waals surface area contributed by atoms with Crippen molar-refractivity contribution in [2.45, 2.75) is 189 Å². The summed E-state index contributed by atoms with van der Waals surface area (Å²) in [6, 6.07) is 0. The molecule has 0 aromatic rings. The summed E-state index contributed by atoms with van der Waals surface area (Å²) in [5.74, 6) is -5.58. The third-order valence-corrected chi connectivity index (χ3v) is 10.8. The predicted molar refractivity (Wildman–Crippen MR) is 214 cm³/mol. The van der Waals surface area contributed by atoms with E-state index >= 15 is 0 Å². The van der Waals surface area contributed by atoms with E-state index in [-0.39, 0.29) is 61.3 Å². The zero-order chi connectivity index (χ0) is 44.1. The van der Waals surface area contributed by atoms with E-state index in [1.165, 1.54) is 21.0 Å². The molecule has 2 heterocycles. The first-order valence-corrected chi connectivity index (χ1v) is 21.1. The van der Waals surface area contributed by atoms with Gasteiger partial charge in [-0.3, -0.25) is 24.0 Å². The third kappa shape index (κ3) is 16.0. The Morgan fingerprint density at radius 2 is 1.28 bits per heavy atom. The van der Waals surface area contributed by atoms with Gasteiger partial charge in [-0.05, 0) is 62.7 Å². The standard InChI is InChI=1S/C44H72O14/c1-14-37(47)54-33(16-15-28(8)43(51)52-13)30(10)42(53-32(12)46)35(55-38(48)17-24(2)3)21-29(9)41(56-39(49)18-25(4)5)36-20-27(7)23-44(58-36)22-26(6)19-34(57-44)40(50)31(11)45/h15,24-27,29-30,33-36,40-42,50H,14,16-23H2,1-13H3/b28-15-/t26-,27+,29+,30+,33+,34+,35-,36+,40+,41+,42-,44+/m1/s1. The Bertz CT molecular complexity index is 1420. The maximum Gasteiger partial charge on any atom is 0.333 e. The molecule has 332 valence electrons. The fourth-order valence-electron chi connectivity index (χ4n) is 8.11. The van der Waals surface area contributed by atoms with Gasteiger partial charge in [-0.15, -0.1) is 0 Å². The lowest BCUT2D eigenvalue weighted by Crippen LogP contribution is -2.57. The lowest BCUT2D eigenvalue weighted by molar-refractivity contribution is -0.347. The summed E-state index contributed by atoms with van der Waals surface area (Å²) in [7, 11) is 1.26. The number of ether oxygens (including phenoxy) is 7. The minimum Gasteiger partial charge on any atom is -0.466 e. The highest BCUT2D eigenvalue weighted by Gasteiger charge is 2.52. The molecule has 14 heteroatoms. The van der Waals surface area contributed by atoms with Crippen LogP contribution < -0.4 is 0 Å². The van der Waals surface area contributed by atoms with Gasteiger partial charge >= 0.3 is 29.8 Å². The molecule has 0 radical (unpaired) electrons. The van der Waals surface area contributed by atoms with Gasteiger partial charge in [0.05, 0.1) is 19.3 Å². The van der Waals surface area contributed by atoms with Crippen molar-refractivity contribution in [1.29, 1.82) is 0 Å². The molecule has 12 atom stereocenters. The Kier molecular flexibility index (Phi) is 20.5. The van der Waals surface area contributed by atoms with E-state index < -0.39 is 96.0 Å². The van der Waals surface area contributed by atoms with E-state index in [1.807, 2.05) is 41.5 Å². The quantitative estimate of drug-likeness (QED) is 0.0741. The van der Waals surface area contributed by atoms with Crippen LogP contribution in [0.2, 0.25) is 0 Å². The summed E-state index contributed by atoms with van der Waals surface area (Å²) < 4.78 is 42.5. The number of Topliss-reactive ketones (excluding diaryl/α,β-unsaturated/α-hetero) is 1. The average Bonchev–Trinajstić information content (AvgIpc) is 3.11. The van der Waals surface area contributed by atoms with Crippen molar-refractivity contribution < 1.29 is 67.0 Å². The Hall–Kier alpha value is -3.36. The number of rotatable bonds is 21. The van der Waals surface area contributed by atoms with Crippen LogP contribution in [-0.2, 0) is 61.9 Å². The second kappa shape index (κ2) is 23.4. The summed E-state index contributed by atoms with van der Waals surface area (Å²) in [5.41, 5.74) is 0.286. The molecule has 0 saturated carbocycles. The lowest BCUT2D eigenvalue weighted by Gasteiger charge is -2.51. The van der Waals surface area contributed by atoms with Crippen molar-refractivity contribution in [2.24, 2.45) is 35.5 Å². The average molecular weight is 825 g/mol. The molecule has 0 unspecified atom stereocenters. The molecule has 0 aliphatic carbocycles. The normalized spacial score (nSPS) is 26.1. The third-order valence-electron chi connectivity index (χ3n) is 10.8. The van der Waals surface area contributed by atoms with Gasteiger partial charge in [-0.25, -0.2) is 4.79 Å². The monoisotopic (exact) mass is 824 g/mol. The van der Waals surface area contributed by atoms with Crippen molar-refractivity contribution in [1.82, 2.24) is 0 Å². The van der Waals surface area contributed by atoms with Gasteiger partial charge in [0.15, 0.2) is 11.6 Å². The second-order valence-corrected chi connectivity index (χ2v) is 17.7. The van der Waals surface area contributed by atoms with Crippen molar-refractivity contribution >= 4 is 35.6 Å². The maximum absolute atomic E-state index is 13.5. The predicted octanol–water partition coefficient (Wildman–Crippen LogP) is 6.60. The molecule has 2 fully saturated rings. The second-order valence-electron chi connectivity index (χ2n) is 17.7. The van der Waals surface area contributed by atoms with Gasteiger partial charge in [0, 0.05) is 56.9 Å². The van der Waals surface area contributed by atoms with Crippen LogP contribution in [-0.4, -0.2) is 96.4 Å². The number of carbonyl (C=O) groups excluding carboxylic acids is 6. The Labute approximate surface area is 345 Å². The molecular formula is C44H72O14. The Balaban J connectivity index is 2.68. The number of hydrogen-bond acceptors (Lipinski definition) is 14. The van der Waals surface area contributed by atoms with E-state index in [4.69, 9.17) is 33.2 Å². The molecule has 2 saturated heterocycles. The van der Waals surface area contributed by atoms with Crippen LogP contribution in [0, 0.1) is 35.5 Å². The summed E-state index contributed by atoms with van der Waals surface area (Å²) in [5, 5.41) is 10.8. The van der Waals surface area contributed by atoms with E-state index in [0.717, 1.165) is 0 Å². The Morgan fingerprint density at radius 1 is 0.759 bits per heavy atom. The van der Waals surface area contributed by atoms with Gasteiger partial charge in [-0.2, -0.15) is 0 Å². The topological polar surface area (TPSA) is 187 Å². The van der Waals surface area contributed by atoms with Crippen LogP contribution in [0.5, 0.6) is 0 Å². The zero-order valence-corrected chi connectivity index (χ0v) is 37.2. The van der Waals surface area contributed by atoms with Crippen molar-refractivity contribution in [2.75, 3.05) is 7.11 Å². The van der Waals surface area contributed by atoms with Gasteiger partial charge in [-0.1, -0.05) is 68.4 Å². The SMILES string of the molecule is CCC(=O)O[C@@H](C/C=C(/C)C(=O)OC)[C@H](C)[C@@H](OC(C)=O)[C@@H](C[C@H](C)[C@H](OC(=O)CC(C)C)[C@@H]1C[C@H](C)C[C@]2(C[C@H](C)C[C@@H]([C@@H](O)C(C)=O)O2)O1)OC(=O)CC(C)C. The number of hydrogen-bond donors (Lipinski definition) is 1. The van der Waals surface area contributed by atoms with Gasteiger partial charge in [0.2, 0.25) is 0 Å². The van der Waals surface area contributed by atoms with Crippen molar-refractivity contribution in [3.05, 3.63) is 11.6 Å². The highest BCUT2D eigenvalue weighted by molar-refractivity contribution is 5.87. The van der Waals surface area contributed by atoms with E-state index in [1.54, 1.807) is 26.8 Å². The zero-order valence-electron chi connectivity index (χ0n) is 37.2. The largest absolute Gasteiger partial charge is 0.466 e. The van der Waals surface area contributed by atoms with Crippen LogP contribution >= 0.6 is 0 Å². The van der Waals surface area contributed by atoms with Crippen LogP contribution in [0.3, 0.4) is 0 Å². The Morgan fingerprint density at radius 3 is 1.78 bits per heavy atom. The number of ketones is 1. The minimum atomic E-state index is -1.32. The van der Waals surface area contributed by atoms with Crippen LogP contribution in [0.15, 0.2) is 11.6 Å². The molecule has 14 nitrogen and oxygen atoms in total. The molecule has 0 aromatic carbocycles. The van der Waals surface area contributed by atoms with Crippen LogP contribution in [0.25, 0.3) is 0 Å². The van der Waals surface area contributed by atoms with E-state index in [2.05, 4.69) is 6.92 Å². The molecule has 0 bridgehead atoms. The highest BCUT2D eigenvalue weighted by atomic mass is 16.7. The fraction of sp³-hybridized carbons (Fsp3) is 0.818. The van der Waals surface area contributed by atoms with E-state index in [9.17, 15) is 33.9 Å². The summed E-state index contributed by atoms with van der Waals surface area (Å²) in [6.45, 7) is 21.0.